The van der Waals surface area contributed by atoms with Crippen LogP contribution in [0.2, 0.25) is 10.0 Å². The Balaban J connectivity index is 1.22. The number of aryl methyl sites for hydroxylation is 1. The fourth-order valence-electron chi connectivity index (χ4n) is 4.95. The van der Waals surface area contributed by atoms with Crippen molar-refractivity contribution in [3.63, 3.8) is 0 Å². The van der Waals surface area contributed by atoms with Gasteiger partial charge in [-0.25, -0.2) is 0 Å². The minimum Gasteiger partial charge on any atom is -0.324 e. The van der Waals surface area contributed by atoms with E-state index in [9.17, 15) is 0 Å². The van der Waals surface area contributed by atoms with E-state index in [1.807, 2.05) is 6.20 Å². The molecule has 1 aromatic carbocycles. The van der Waals surface area contributed by atoms with Crippen molar-refractivity contribution in [2.75, 3.05) is 18.0 Å². The molecule has 1 aliphatic carbocycles. The highest BCUT2D eigenvalue weighted by molar-refractivity contribution is 6.35. The number of benzene rings is 1. The Hall–Kier alpha value is -2.11. The molecule has 1 saturated heterocycles. The lowest BCUT2D eigenvalue weighted by atomic mass is 9.60. The molecule has 150 valence electrons. The fourth-order valence-corrected chi connectivity index (χ4v) is 5.48. The van der Waals surface area contributed by atoms with Crippen LogP contribution in [0.3, 0.4) is 0 Å². The predicted octanol–water partition coefficient (Wildman–Crippen LogP) is 5.60. The molecule has 29 heavy (non-hydrogen) atoms. The van der Waals surface area contributed by atoms with Gasteiger partial charge in [-0.05, 0) is 79.8 Å². The monoisotopic (exact) mass is 428 g/mol. The van der Waals surface area contributed by atoms with E-state index in [4.69, 9.17) is 27.7 Å². The van der Waals surface area contributed by atoms with Crippen LogP contribution < -0.4 is 4.90 Å². The molecule has 5 rings (SSSR count). The highest BCUT2D eigenvalue weighted by Crippen LogP contribution is 2.53. The second kappa shape index (κ2) is 7.29. The van der Waals surface area contributed by atoms with Gasteiger partial charge < -0.3 is 9.42 Å². The zero-order valence-electron chi connectivity index (χ0n) is 16.2. The molecule has 2 aromatic heterocycles. The Morgan fingerprint density at radius 1 is 1.17 bits per heavy atom. The smallest absolute Gasteiger partial charge is 0.324 e. The van der Waals surface area contributed by atoms with Crippen LogP contribution in [0.15, 0.2) is 41.1 Å². The van der Waals surface area contributed by atoms with Gasteiger partial charge in [0.1, 0.15) is 0 Å². The van der Waals surface area contributed by atoms with E-state index in [-0.39, 0.29) is 0 Å². The maximum absolute atomic E-state index is 6.09. The number of nitrogens with zero attached hydrogens (tertiary/aromatic N) is 4. The standard InChI is InChI=1S/C22H22Cl2N4O/c1-14-6-15(2-4-25-14)7-16-11-22(12-16)3-5-28(13-22)21-26-20(27-29-21)17-8-18(23)10-19(24)9-17/h2,4,6,8-10,16H,3,5,7,11-13H2,1H3. The van der Waals surface area contributed by atoms with Crippen LogP contribution in [0.1, 0.15) is 30.5 Å². The number of pyridine rings is 1. The van der Waals surface area contributed by atoms with Gasteiger partial charge in [-0.2, -0.15) is 4.98 Å². The first kappa shape index (κ1) is 18.9. The summed E-state index contributed by atoms with van der Waals surface area (Å²) in [5.41, 5.74) is 3.65. The van der Waals surface area contributed by atoms with E-state index < -0.39 is 0 Å². The molecule has 1 spiro atoms. The molecule has 3 aromatic rings. The van der Waals surface area contributed by atoms with Gasteiger partial charge in [0.2, 0.25) is 5.82 Å². The first-order valence-electron chi connectivity index (χ1n) is 9.95. The van der Waals surface area contributed by atoms with Gasteiger partial charge in [-0.1, -0.05) is 28.4 Å². The normalized spacial score (nSPS) is 23.6. The minimum atomic E-state index is 0.390. The lowest BCUT2D eigenvalue weighted by molar-refractivity contribution is 0.0785. The molecule has 5 nitrogen and oxygen atoms in total. The van der Waals surface area contributed by atoms with E-state index >= 15 is 0 Å². The predicted molar refractivity (Wildman–Crippen MR) is 114 cm³/mol. The lowest BCUT2D eigenvalue weighted by Crippen LogP contribution is -2.40. The van der Waals surface area contributed by atoms with Crippen LogP contribution in [0.4, 0.5) is 6.01 Å². The average Bonchev–Trinajstić information content (AvgIpc) is 3.28. The molecular formula is C22H22Cl2N4O. The van der Waals surface area contributed by atoms with Crippen molar-refractivity contribution in [3.05, 3.63) is 57.8 Å². The third kappa shape index (κ3) is 3.86. The summed E-state index contributed by atoms with van der Waals surface area (Å²) in [6.07, 6.45) is 6.76. The van der Waals surface area contributed by atoms with Gasteiger partial charge in [0.05, 0.1) is 0 Å². The van der Waals surface area contributed by atoms with Crippen LogP contribution >= 0.6 is 23.2 Å². The van der Waals surface area contributed by atoms with E-state index in [2.05, 4.69) is 39.1 Å². The Labute approximate surface area is 180 Å². The number of hydrogen-bond acceptors (Lipinski definition) is 5. The third-order valence-electron chi connectivity index (χ3n) is 6.17. The molecule has 0 amide bonds. The minimum absolute atomic E-state index is 0.390. The second-order valence-electron chi connectivity index (χ2n) is 8.51. The first-order chi connectivity index (χ1) is 14.0. The number of anilines is 1. The number of aromatic nitrogens is 3. The second-order valence-corrected chi connectivity index (χ2v) is 9.39. The van der Waals surface area contributed by atoms with Gasteiger partial charge in [-0.15, -0.1) is 0 Å². The highest BCUT2D eigenvalue weighted by atomic mass is 35.5. The highest BCUT2D eigenvalue weighted by Gasteiger charge is 2.49. The van der Waals surface area contributed by atoms with Crippen LogP contribution in [-0.4, -0.2) is 28.2 Å². The van der Waals surface area contributed by atoms with Crippen LogP contribution in [0, 0.1) is 18.3 Å². The largest absolute Gasteiger partial charge is 0.324 e. The summed E-state index contributed by atoms with van der Waals surface area (Å²) >= 11 is 12.2. The van der Waals surface area contributed by atoms with Crippen LogP contribution in [-0.2, 0) is 6.42 Å². The molecule has 1 saturated carbocycles. The molecule has 0 bridgehead atoms. The third-order valence-corrected chi connectivity index (χ3v) is 6.61. The zero-order chi connectivity index (χ0) is 20.0. The van der Waals surface area contributed by atoms with Gasteiger partial charge >= 0.3 is 6.01 Å². The topological polar surface area (TPSA) is 55.1 Å². The van der Waals surface area contributed by atoms with Crippen LogP contribution in [0.25, 0.3) is 11.4 Å². The van der Waals surface area contributed by atoms with Crippen LogP contribution in [0.5, 0.6) is 0 Å². The molecule has 0 radical (unpaired) electrons. The Kier molecular flexibility index (Phi) is 4.75. The van der Waals surface area contributed by atoms with E-state index in [0.29, 0.717) is 27.3 Å². The van der Waals surface area contributed by atoms with Gasteiger partial charge in [0, 0.05) is 40.6 Å². The van der Waals surface area contributed by atoms with Gasteiger partial charge in [0.15, 0.2) is 0 Å². The molecule has 0 N–H and O–H groups in total. The molecule has 0 unspecified atom stereocenters. The summed E-state index contributed by atoms with van der Waals surface area (Å²) < 4.78 is 5.55. The fraction of sp³-hybridized carbons (Fsp3) is 0.409. The SMILES string of the molecule is Cc1cc(CC2CC3(CCN(c4nc(-c5cc(Cl)cc(Cl)c5)no4)C3)C2)ccn1. The van der Waals surface area contributed by atoms with Crippen molar-refractivity contribution in [2.24, 2.45) is 11.3 Å². The van der Waals surface area contributed by atoms with Gasteiger partial charge in [0.25, 0.3) is 0 Å². The van der Waals surface area contributed by atoms with E-state index in [0.717, 1.165) is 36.7 Å². The first-order valence-corrected chi connectivity index (χ1v) is 10.7. The molecule has 0 atom stereocenters. The summed E-state index contributed by atoms with van der Waals surface area (Å²) in [4.78, 5) is 11.1. The van der Waals surface area contributed by atoms with Crippen molar-refractivity contribution < 1.29 is 4.52 Å². The summed E-state index contributed by atoms with van der Waals surface area (Å²) in [7, 11) is 0. The number of rotatable bonds is 4. The molecule has 1 aliphatic heterocycles. The van der Waals surface area contributed by atoms with Crippen molar-refractivity contribution >= 4 is 29.2 Å². The summed E-state index contributed by atoms with van der Waals surface area (Å²) in [5.74, 6) is 1.27. The Bertz CT molecular complexity index is 1020. The lowest BCUT2D eigenvalue weighted by Gasteiger charge is -2.45. The van der Waals surface area contributed by atoms with Gasteiger partial charge in [-0.3, -0.25) is 4.98 Å². The molecule has 7 heteroatoms. The molecule has 2 aliphatic rings. The number of hydrogen-bond donors (Lipinski definition) is 0. The molecular weight excluding hydrogens is 407 g/mol. The summed E-state index contributed by atoms with van der Waals surface area (Å²) in [6, 6.07) is 10.2. The summed E-state index contributed by atoms with van der Waals surface area (Å²) in [6.45, 7) is 3.99. The van der Waals surface area contributed by atoms with E-state index in [1.54, 1.807) is 18.2 Å². The molecule has 2 fully saturated rings. The van der Waals surface area contributed by atoms with Crippen molar-refractivity contribution in [1.82, 2.24) is 15.1 Å². The summed E-state index contributed by atoms with van der Waals surface area (Å²) in [5, 5.41) is 5.25. The zero-order valence-corrected chi connectivity index (χ0v) is 17.7. The van der Waals surface area contributed by atoms with Crippen molar-refractivity contribution in [2.45, 2.75) is 32.6 Å². The Morgan fingerprint density at radius 2 is 1.97 bits per heavy atom. The van der Waals surface area contributed by atoms with Crippen molar-refractivity contribution in [3.8, 4) is 11.4 Å². The maximum atomic E-state index is 6.09. The van der Waals surface area contributed by atoms with E-state index in [1.165, 1.54) is 24.8 Å². The number of halogens is 2. The maximum Gasteiger partial charge on any atom is 0.324 e. The average molecular weight is 429 g/mol. The Morgan fingerprint density at radius 3 is 2.72 bits per heavy atom. The van der Waals surface area contributed by atoms with Crippen molar-refractivity contribution in [1.29, 1.82) is 0 Å². The molecule has 3 heterocycles. The quantitative estimate of drug-likeness (QED) is 0.541.